The standard InChI is InChI=1S/C23H21F3N4O3/c1-14-12-19(31)21(28-30(14)18-7-5-4-6-17(18)23(24,25)26)22(33)27-16-10-8-15(9-11-16)13-20(32)29(2)3/h4-12H,13H2,1-3H3,(H,27,33). The summed E-state index contributed by atoms with van der Waals surface area (Å²) in [6.45, 7) is 1.43. The summed E-state index contributed by atoms with van der Waals surface area (Å²) in [5, 5.41) is 6.44. The molecule has 2 amide bonds. The lowest BCUT2D eigenvalue weighted by atomic mass is 10.1. The van der Waals surface area contributed by atoms with Gasteiger partial charge in [0.15, 0.2) is 5.69 Å². The Hall–Kier alpha value is -3.95. The number of para-hydroxylation sites is 1. The van der Waals surface area contributed by atoms with Crippen LogP contribution >= 0.6 is 0 Å². The first-order valence-corrected chi connectivity index (χ1v) is 9.85. The van der Waals surface area contributed by atoms with E-state index < -0.39 is 28.8 Å². The number of amides is 2. The molecule has 0 aliphatic rings. The third-order valence-corrected chi connectivity index (χ3v) is 4.83. The fourth-order valence-corrected chi connectivity index (χ4v) is 3.08. The molecule has 0 fully saturated rings. The summed E-state index contributed by atoms with van der Waals surface area (Å²) in [4.78, 5) is 38.3. The third-order valence-electron chi connectivity index (χ3n) is 4.83. The first kappa shape index (κ1) is 23.7. The quantitative estimate of drug-likeness (QED) is 0.635. The predicted molar refractivity (Wildman–Crippen MR) is 116 cm³/mol. The molecule has 0 aliphatic carbocycles. The Morgan fingerprint density at radius 3 is 2.30 bits per heavy atom. The SMILES string of the molecule is Cc1cc(=O)c(C(=O)Nc2ccc(CC(=O)N(C)C)cc2)nn1-c1ccccc1C(F)(F)F. The summed E-state index contributed by atoms with van der Waals surface area (Å²) in [5.41, 5.74) is -1.31. The fraction of sp³-hybridized carbons (Fsp3) is 0.217. The molecule has 10 heteroatoms. The van der Waals surface area contributed by atoms with Crippen LogP contribution in [0.1, 0.15) is 27.3 Å². The van der Waals surface area contributed by atoms with Gasteiger partial charge >= 0.3 is 6.18 Å². The molecule has 0 unspecified atom stereocenters. The first-order valence-electron chi connectivity index (χ1n) is 9.85. The van der Waals surface area contributed by atoms with E-state index in [9.17, 15) is 27.6 Å². The second kappa shape index (κ2) is 9.27. The highest BCUT2D eigenvalue weighted by atomic mass is 19.4. The van der Waals surface area contributed by atoms with Gasteiger partial charge in [-0.1, -0.05) is 24.3 Å². The number of hydrogen-bond acceptors (Lipinski definition) is 4. The van der Waals surface area contributed by atoms with E-state index >= 15 is 0 Å². The van der Waals surface area contributed by atoms with E-state index in [1.54, 1.807) is 38.4 Å². The summed E-state index contributed by atoms with van der Waals surface area (Å²) in [5.74, 6) is -0.953. The first-order chi connectivity index (χ1) is 15.5. The van der Waals surface area contributed by atoms with Gasteiger partial charge in [0.05, 0.1) is 17.7 Å². The molecule has 3 rings (SSSR count). The smallest absolute Gasteiger partial charge is 0.349 e. The van der Waals surface area contributed by atoms with Crippen LogP contribution in [0.3, 0.4) is 0 Å². The largest absolute Gasteiger partial charge is 0.418 e. The lowest BCUT2D eigenvalue weighted by molar-refractivity contribution is -0.137. The molecule has 0 bridgehead atoms. The Kier molecular flexibility index (Phi) is 6.66. The van der Waals surface area contributed by atoms with Crippen LogP contribution in [0.25, 0.3) is 5.69 Å². The van der Waals surface area contributed by atoms with Crippen molar-refractivity contribution in [3.05, 3.63) is 87.3 Å². The molecule has 1 N–H and O–H groups in total. The Morgan fingerprint density at radius 1 is 1.06 bits per heavy atom. The zero-order valence-electron chi connectivity index (χ0n) is 18.1. The number of nitrogens with one attached hydrogen (secondary N) is 1. The highest BCUT2D eigenvalue weighted by molar-refractivity contribution is 6.02. The number of aromatic nitrogens is 2. The molecule has 1 heterocycles. The minimum Gasteiger partial charge on any atom is -0.349 e. The van der Waals surface area contributed by atoms with Gasteiger partial charge < -0.3 is 10.2 Å². The number of aryl methyl sites for hydroxylation is 1. The highest BCUT2D eigenvalue weighted by Gasteiger charge is 2.34. The van der Waals surface area contributed by atoms with E-state index in [4.69, 9.17) is 0 Å². The summed E-state index contributed by atoms with van der Waals surface area (Å²) < 4.78 is 41.3. The van der Waals surface area contributed by atoms with Gasteiger partial charge in [-0.3, -0.25) is 14.4 Å². The number of likely N-dealkylation sites (N-methyl/N-ethyl adjacent to an activating group) is 1. The number of anilines is 1. The Bertz CT molecular complexity index is 1250. The van der Waals surface area contributed by atoms with Crippen molar-refractivity contribution in [3.63, 3.8) is 0 Å². The molecule has 3 aromatic rings. The molecule has 0 atom stereocenters. The Labute approximate surface area is 187 Å². The van der Waals surface area contributed by atoms with Crippen molar-refractivity contribution in [3.8, 4) is 5.69 Å². The molecule has 7 nitrogen and oxygen atoms in total. The van der Waals surface area contributed by atoms with Crippen LogP contribution in [0.2, 0.25) is 0 Å². The van der Waals surface area contributed by atoms with Crippen LogP contribution in [0.5, 0.6) is 0 Å². The normalized spacial score (nSPS) is 11.2. The van der Waals surface area contributed by atoms with E-state index in [2.05, 4.69) is 10.4 Å². The number of carbonyl (C=O) groups is 2. The lowest BCUT2D eigenvalue weighted by Crippen LogP contribution is -2.27. The monoisotopic (exact) mass is 458 g/mol. The van der Waals surface area contributed by atoms with Gasteiger partial charge in [0.2, 0.25) is 11.3 Å². The fourth-order valence-electron chi connectivity index (χ4n) is 3.08. The van der Waals surface area contributed by atoms with Gasteiger partial charge in [0, 0.05) is 31.5 Å². The van der Waals surface area contributed by atoms with Crippen molar-refractivity contribution in [2.75, 3.05) is 19.4 Å². The molecule has 33 heavy (non-hydrogen) atoms. The van der Waals surface area contributed by atoms with Gasteiger partial charge in [-0.25, -0.2) is 4.68 Å². The van der Waals surface area contributed by atoms with Crippen molar-refractivity contribution in [1.82, 2.24) is 14.7 Å². The zero-order valence-corrected chi connectivity index (χ0v) is 18.1. The molecule has 0 aliphatic heterocycles. The van der Waals surface area contributed by atoms with Crippen molar-refractivity contribution in [1.29, 1.82) is 0 Å². The average molecular weight is 458 g/mol. The number of alkyl halides is 3. The maximum Gasteiger partial charge on any atom is 0.418 e. The van der Waals surface area contributed by atoms with E-state index in [1.165, 1.54) is 30.0 Å². The molecule has 172 valence electrons. The average Bonchev–Trinajstić information content (AvgIpc) is 2.74. The Balaban J connectivity index is 1.90. The van der Waals surface area contributed by atoms with Crippen molar-refractivity contribution in [2.24, 2.45) is 0 Å². The highest BCUT2D eigenvalue weighted by Crippen LogP contribution is 2.33. The van der Waals surface area contributed by atoms with E-state index in [0.717, 1.165) is 22.4 Å². The van der Waals surface area contributed by atoms with Crippen LogP contribution in [0.15, 0.2) is 59.4 Å². The topological polar surface area (TPSA) is 84.3 Å². The Morgan fingerprint density at radius 2 is 1.70 bits per heavy atom. The molecular weight excluding hydrogens is 437 g/mol. The number of hydrogen-bond donors (Lipinski definition) is 1. The minimum atomic E-state index is -4.65. The second-order valence-electron chi connectivity index (χ2n) is 7.54. The maximum absolute atomic E-state index is 13.4. The second-order valence-corrected chi connectivity index (χ2v) is 7.54. The van der Waals surface area contributed by atoms with Crippen molar-refractivity contribution in [2.45, 2.75) is 19.5 Å². The van der Waals surface area contributed by atoms with E-state index in [-0.39, 0.29) is 23.7 Å². The molecular formula is C23H21F3N4O3. The van der Waals surface area contributed by atoms with Crippen LogP contribution in [-0.4, -0.2) is 40.6 Å². The number of halogens is 3. The minimum absolute atomic E-state index is 0.0877. The van der Waals surface area contributed by atoms with Crippen LogP contribution < -0.4 is 10.7 Å². The van der Waals surface area contributed by atoms with Crippen molar-refractivity contribution < 1.29 is 22.8 Å². The summed E-state index contributed by atoms with van der Waals surface area (Å²) in [6.07, 6.45) is -4.46. The molecule has 1 aromatic heterocycles. The van der Waals surface area contributed by atoms with Crippen LogP contribution in [0.4, 0.5) is 18.9 Å². The molecule has 0 saturated carbocycles. The number of rotatable bonds is 5. The summed E-state index contributed by atoms with van der Waals surface area (Å²) in [6, 6.07) is 12.2. The maximum atomic E-state index is 13.4. The van der Waals surface area contributed by atoms with Gasteiger partial charge in [-0.15, -0.1) is 0 Å². The lowest BCUT2D eigenvalue weighted by Gasteiger charge is -2.16. The van der Waals surface area contributed by atoms with Gasteiger partial charge in [-0.05, 0) is 36.8 Å². The van der Waals surface area contributed by atoms with Crippen molar-refractivity contribution >= 4 is 17.5 Å². The van der Waals surface area contributed by atoms with E-state index in [1.807, 2.05) is 0 Å². The van der Waals surface area contributed by atoms with Gasteiger partial charge in [-0.2, -0.15) is 18.3 Å². The third kappa shape index (κ3) is 5.46. The number of nitrogens with zero attached hydrogens (tertiary/aromatic N) is 3. The summed E-state index contributed by atoms with van der Waals surface area (Å²) in [7, 11) is 3.29. The molecule has 0 radical (unpaired) electrons. The molecule has 0 spiro atoms. The molecule has 2 aromatic carbocycles. The predicted octanol–water partition coefficient (Wildman–Crippen LogP) is 3.44. The van der Waals surface area contributed by atoms with Crippen LogP contribution in [0, 0.1) is 6.92 Å². The summed E-state index contributed by atoms with van der Waals surface area (Å²) >= 11 is 0. The number of carbonyl (C=O) groups excluding carboxylic acids is 2. The van der Waals surface area contributed by atoms with Crippen LogP contribution in [-0.2, 0) is 17.4 Å². The van der Waals surface area contributed by atoms with E-state index in [0.29, 0.717) is 5.69 Å². The molecule has 0 saturated heterocycles. The zero-order chi connectivity index (χ0) is 24.3. The number of benzene rings is 2. The van der Waals surface area contributed by atoms with Gasteiger partial charge in [0.1, 0.15) is 0 Å². The van der Waals surface area contributed by atoms with Gasteiger partial charge in [0.25, 0.3) is 5.91 Å².